The van der Waals surface area contributed by atoms with Crippen molar-refractivity contribution < 1.29 is 4.79 Å². The fourth-order valence-electron chi connectivity index (χ4n) is 3.03. The Morgan fingerprint density at radius 2 is 2.05 bits per heavy atom. The molecule has 1 aliphatic carbocycles. The Hall–Kier alpha value is -1.42. The van der Waals surface area contributed by atoms with Crippen molar-refractivity contribution in [3.8, 4) is 0 Å². The van der Waals surface area contributed by atoms with E-state index in [-0.39, 0.29) is 11.2 Å². The molecule has 1 heterocycles. The molecule has 0 saturated heterocycles. The Kier molecular flexibility index (Phi) is 4.53. The normalized spacial score (nSPS) is 18.2. The number of rotatable bonds is 5. The largest absolute Gasteiger partial charge is 0.398 e. The van der Waals surface area contributed by atoms with E-state index in [1.807, 2.05) is 0 Å². The van der Waals surface area contributed by atoms with Crippen LogP contribution in [0.5, 0.6) is 0 Å². The van der Waals surface area contributed by atoms with Gasteiger partial charge in [0.05, 0.1) is 0 Å². The lowest BCUT2D eigenvalue weighted by Gasteiger charge is -2.35. The average molecular weight is 261 g/mol. The van der Waals surface area contributed by atoms with Gasteiger partial charge in [-0.15, -0.1) is 0 Å². The number of anilines is 1. The minimum Gasteiger partial charge on any atom is -0.398 e. The first kappa shape index (κ1) is 14.0. The number of Topliss-reactive ketones (excluding diaryl/α,β-unsaturated/α-hetero) is 1. The fourth-order valence-corrected chi connectivity index (χ4v) is 3.03. The Morgan fingerprint density at radius 3 is 2.68 bits per heavy atom. The lowest BCUT2D eigenvalue weighted by molar-refractivity contribution is -0.121. The number of nitrogen functional groups attached to an aromatic ring is 1. The molecule has 0 aromatic carbocycles. The van der Waals surface area contributed by atoms with Crippen LogP contribution in [0.25, 0.3) is 0 Å². The molecule has 0 spiro atoms. The highest BCUT2D eigenvalue weighted by Gasteiger charge is 2.32. The number of hydrogen-bond acceptors (Lipinski definition) is 4. The van der Waals surface area contributed by atoms with E-state index in [0.29, 0.717) is 25.1 Å². The first-order chi connectivity index (χ1) is 9.15. The molecule has 2 rings (SSSR count). The van der Waals surface area contributed by atoms with Crippen LogP contribution in [0.2, 0.25) is 0 Å². The summed E-state index contributed by atoms with van der Waals surface area (Å²) in [6.07, 6.45) is 10.1. The number of aromatic nitrogens is 1. The van der Waals surface area contributed by atoms with Crippen molar-refractivity contribution in [1.29, 1.82) is 0 Å². The summed E-state index contributed by atoms with van der Waals surface area (Å²) in [5.74, 6) is 0.229. The molecule has 0 unspecified atom stereocenters. The molecule has 1 saturated carbocycles. The van der Waals surface area contributed by atoms with Crippen molar-refractivity contribution in [3.05, 3.63) is 24.0 Å². The molecule has 0 aliphatic heterocycles. The maximum atomic E-state index is 12.3. The van der Waals surface area contributed by atoms with Crippen LogP contribution in [0.3, 0.4) is 0 Å². The topological polar surface area (TPSA) is 82.0 Å². The first-order valence-corrected chi connectivity index (χ1v) is 7.05. The van der Waals surface area contributed by atoms with E-state index < -0.39 is 0 Å². The van der Waals surface area contributed by atoms with E-state index >= 15 is 0 Å². The second kappa shape index (κ2) is 6.15. The van der Waals surface area contributed by atoms with Gasteiger partial charge in [0, 0.05) is 36.5 Å². The Morgan fingerprint density at radius 1 is 1.32 bits per heavy atom. The van der Waals surface area contributed by atoms with Gasteiger partial charge in [-0.3, -0.25) is 9.78 Å². The number of carbonyl (C=O) groups is 1. The van der Waals surface area contributed by atoms with Crippen molar-refractivity contribution in [2.75, 3.05) is 12.3 Å². The smallest absolute Gasteiger partial charge is 0.138 e. The quantitative estimate of drug-likeness (QED) is 0.850. The molecule has 0 radical (unpaired) electrons. The van der Waals surface area contributed by atoms with Crippen LogP contribution in [-0.4, -0.2) is 17.3 Å². The Bertz CT molecular complexity index is 439. The highest BCUT2D eigenvalue weighted by atomic mass is 16.1. The first-order valence-electron chi connectivity index (χ1n) is 7.05. The monoisotopic (exact) mass is 261 g/mol. The molecular weight excluding hydrogens is 238 g/mol. The van der Waals surface area contributed by atoms with E-state index in [0.717, 1.165) is 18.4 Å². The Labute approximate surface area is 114 Å². The van der Waals surface area contributed by atoms with E-state index in [1.165, 1.54) is 19.3 Å². The summed E-state index contributed by atoms with van der Waals surface area (Å²) < 4.78 is 0. The van der Waals surface area contributed by atoms with Gasteiger partial charge in [-0.2, -0.15) is 0 Å². The highest BCUT2D eigenvalue weighted by molar-refractivity contribution is 5.82. The number of nitrogens with two attached hydrogens (primary N) is 2. The van der Waals surface area contributed by atoms with Gasteiger partial charge >= 0.3 is 0 Å². The maximum Gasteiger partial charge on any atom is 0.138 e. The van der Waals surface area contributed by atoms with Crippen LogP contribution in [0.4, 0.5) is 5.69 Å². The zero-order valence-corrected chi connectivity index (χ0v) is 11.4. The van der Waals surface area contributed by atoms with Gasteiger partial charge in [-0.05, 0) is 30.9 Å². The number of carbonyl (C=O) groups excluding carboxylic acids is 1. The molecule has 1 aromatic rings. The molecule has 4 nitrogen and oxygen atoms in total. The molecule has 1 fully saturated rings. The van der Waals surface area contributed by atoms with Crippen LogP contribution >= 0.6 is 0 Å². The summed E-state index contributed by atoms with van der Waals surface area (Å²) in [6.45, 7) is 0.612. The molecular formula is C15H23N3O. The average Bonchev–Trinajstić information content (AvgIpc) is 2.42. The molecule has 0 amide bonds. The molecule has 4 N–H and O–H groups in total. The van der Waals surface area contributed by atoms with Gasteiger partial charge < -0.3 is 11.5 Å². The summed E-state index contributed by atoms with van der Waals surface area (Å²) in [5, 5.41) is 0. The standard InChI is InChI=1S/C15H23N3O/c16-11-15(5-2-1-3-6-15)9-13(19)8-12-10-18-7-4-14(12)17/h4,7,10H,1-3,5-6,8-9,11,16H2,(H2,17,18). The van der Waals surface area contributed by atoms with E-state index in [4.69, 9.17) is 11.5 Å². The van der Waals surface area contributed by atoms with Crippen molar-refractivity contribution in [3.63, 3.8) is 0 Å². The van der Waals surface area contributed by atoms with Gasteiger partial charge in [-0.1, -0.05) is 19.3 Å². The van der Waals surface area contributed by atoms with Gasteiger partial charge in [-0.25, -0.2) is 0 Å². The van der Waals surface area contributed by atoms with Crippen LogP contribution in [0, 0.1) is 5.41 Å². The summed E-state index contributed by atoms with van der Waals surface area (Å²) in [6, 6.07) is 1.74. The zero-order chi connectivity index (χ0) is 13.7. The molecule has 19 heavy (non-hydrogen) atoms. The molecule has 1 aromatic heterocycles. The minimum absolute atomic E-state index is 0.0340. The third-order valence-electron chi connectivity index (χ3n) is 4.25. The number of hydrogen-bond donors (Lipinski definition) is 2. The highest BCUT2D eigenvalue weighted by Crippen LogP contribution is 2.38. The van der Waals surface area contributed by atoms with Crippen molar-refractivity contribution in [2.24, 2.45) is 11.1 Å². The van der Waals surface area contributed by atoms with Gasteiger partial charge in [0.1, 0.15) is 5.78 Å². The third kappa shape index (κ3) is 3.53. The van der Waals surface area contributed by atoms with Gasteiger partial charge in [0.15, 0.2) is 0 Å². The molecule has 0 bridgehead atoms. The SMILES string of the molecule is NCC1(CC(=O)Cc2cnccc2N)CCCCC1. The fraction of sp³-hybridized carbons (Fsp3) is 0.600. The van der Waals surface area contributed by atoms with E-state index in [9.17, 15) is 4.79 Å². The van der Waals surface area contributed by atoms with Crippen LogP contribution in [0.1, 0.15) is 44.1 Å². The predicted molar refractivity (Wildman–Crippen MR) is 76.5 cm³/mol. The number of pyridine rings is 1. The second-order valence-corrected chi connectivity index (χ2v) is 5.73. The lowest BCUT2D eigenvalue weighted by Crippen LogP contribution is -2.35. The Balaban J connectivity index is 1.98. The molecule has 1 aliphatic rings. The molecule has 0 atom stereocenters. The zero-order valence-electron chi connectivity index (χ0n) is 11.4. The summed E-state index contributed by atoms with van der Waals surface area (Å²) in [7, 11) is 0. The predicted octanol–water partition coefficient (Wildman–Crippen LogP) is 2.07. The van der Waals surface area contributed by atoms with E-state index in [2.05, 4.69) is 4.98 Å². The van der Waals surface area contributed by atoms with Crippen LogP contribution in [-0.2, 0) is 11.2 Å². The summed E-state index contributed by atoms with van der Waals surface area (Å²) >= 11 is 0. The van der Waals surface area contributed by atoms with Crippen LogP contribution < -0.4 is 11.5 Å². The number of ketones is 1. The van der Waals surface area contributed by atoms with Gasteiger partial charge in [0.2, 0.25) is 0 Å². The van der Waals surface area contributed by atoms with Crippen LogP contribution in [0.15, 0.2) is 18.5 Å². The second-order valence-electron chi connectivity index (χ2n) is 5.73. The van der Waals surface area contributed by atoms with Crippen molar-refractivity contribution in [2.45, 2.75) is 44.9 Å². The molecule has 4 heteroatoms. The third-order valence-corrected chi connectivity index (χ3v) is 4.25. The lowest BCUT2D eigenvalue weighted by atomic mass is 9.70. The minimum atomic E-state index is 0.0340. The molecule has 104 valence electrons. The maximum absolute atomic E-state index is 12.3. The van der Waals surface area contributed by atoms with E-state index in [1.54, 1.807) is 18.5 Å². The number of nitrogens with zero attached hydrogens (tertiary/aromatic N) is 1. The summed E-state index contributed by atoms with van der Waals surface area (Å²) in [4.78, 5) is 16.3. The van der Waals surface area contributed by atoms with Gasteiger partial charge in [0.25, 0.3) is 0 Å². The summed E-state index contributed by atoms with van der Waals surface area (Å²) in [5.41, 5.74) is 13.3. The van der Waals surface area contributed by atoms with Crippen molar-refractivity contribution >= 4 is 11.5 Å². The van der Waals surface area contributed by atoms with Crippen molar-refractivity contribution in [1.82, 2.24) is 4.98 Å².